The second kappa shape index (κ2) is 10.7. The van der Waals surface area contributed by atoms with Gasteiger partial charge in [0.1, 0.15) is 0 Å². The first-order chi connectivity index (χ1) is 12.2. The molecule has 0 saturated carbocycles. The lowest BCUT2D eigenvalue weighted by molar-refractivity contribution is -0.117. The summed E-state index contributed by atoms with van der Waals surface area (Å²) in [7, 11) is 0. The standard InChI is InChI=1S/C22H29N2O/c23-16-8-7-13-21(19-11-5-2-6-12-19)20(17-22(24)25)15-14-18-9-3-1-4-10-18/h1-6,9-12,21H,7-8,13-17,23H2,(H2,24,25). The van der Waals surface area contributed by atoms with E-state index in [-0.39, 0.29) is 11.8 Å². The number of carbonyl (C=O) groups excluding carboxylic acids is 1. The van der Waals surface area contributed by atoms with Crippen molar-refractivity contribution in [1.29, 1.82) is 0 Å². The highest BCUT2D eigenvalue weighted by Gasteiger charge is 2.25. The van der Waals surface area contributed by atoms with Gasteiger partial charge >= 0.3 is 0 Å². The van der Waals surface area contributed by atoms with Gasteiger partial charge in [0.2, 0.25) is 5.91 Å². The van der Waals surface area contributed by atoms with Crippen molar-refractivity contribution in [2.45, 2.75) is 44.4 Å². The van der Waals surface area contributed by atoms with Gasteiger partial charge in [0.15, 0.2) is 0 Å². The molecule has 1 atom stereocenters. The Morgan fingerprint density at radius 1 is 0.920 bits per heavy atom. The molecule has 0 aliphatic carbocycles. The van der Waals surface area contributed by atoms with E-state index >= 15 is 0 Å². The van der Waals surface area contributed by atoms with E-state index in [2.05, 4.69) is 48.5 Å². The molecule has 1 amide bonds. The van der Waals surface area contributed by atoms with E-state index in [1.807, 2.05) is 12.1 Å². The highest BCUT2D eigenvalue weighted by Crippen LogP contribution is 2.36. The van der Waals surface area contributed by atoms with Crippen molar-refractivity contribution in [1.82, 2.24) is 0 Å². The van der Waals surface area contributed by atoms with Gasteiger partial charge in [0, 0.05) is 6.42 Å². The van der Waals surface area contributed by atoms with Crippen molar-refractivity contribution in [2.75, 3.05) is 6.54 Å². The monoisotopic (exact) mass is 337 g/mol. The molecule has 1 unspecified atom stereocenters. The quantitative estimate of drug-likeness (QED) is 0.609. The number of amides is 1. The largest absolute Gasteiger partial charge is 0.370 e. The molecule has 0 saturated heterocycles. The molecule has 0 bridgehead atoms. The summed E-state index contributed by atoms with van der Waals surface area (Å²) >= 11 is 0. The van der Waals surface area contributed by atoms with Crippen LogP contribution < -0.4 is 11.5 Å². The average Bonchev–Trinajstić information content (AvgIpc) is 2.64. The van der Waals surface area contributed by atoms with E-state index in [1.165, 1.54) is 17.0 Å². The van der Waals surface area contributed by atoms with E-state index in [0.717, 1.165) is 32.1 Å². The van der Waals surface area contributed by atoms with Gasteiger partial charge in [0.05, 0.1) is 0 Å². The smallest absolute Gasteiger partial charge is 0.218 e. The molecule has 0 aliphatic rings. The Labute approximate surface area is 151 Å². The first-order valence-electron chi connectivity index (χ1n) is 9.12. The molecule has 2 aromatic rings. The summed E-state index contributed by atoms with van der Waals surface area (Å²) in [5, 5.41) is 0. The Bertz CT molecular complexity index is 612. The van der Waals surface area contributed by atoms with Crippen LogP contribution in [0.1, 0.15) is 49.1 Å². The van der Waals surface area contributed by atoms with Crippen LogP contribution in [0.2, 0.25) is 0 Å². The van der Waals surface area contributed by atoms with Crippen molar-refractivity contribution in [3.05, 3.63) is 77.7 Å². The predicted molar refractivity (Wildman–Crippen MR) is 104 cm³/mol. The van der Waals surface area contributed by atoms with Gasteiger partial charge in [-0.1, -0.05) is 67.1 Å². The van der Waals surface area contributed by atoms with E-state index in [1.54, 1.807) is 0 Å². The summed E-state index contributed by atoms with van der Waals surface area (Å²) in [4.78, 5) is 11.7. The molecule has 0 heterocycles. The number of nitrogens with two attached hydrogens (primary N) is 2. The van der Waals surface area contributed by atoms with Crippen LogP contribution in [0.4, 0.5) is 0 Å². The maximum Gasteiger partial charge on any atom is 0.218 e. The number of benzene rings is 2. The number of hydrogen-bond acceptors (Lipinski definition) is 2. The minimum absolute atomic E-state index is 0.247. The second-order valence-electron chi connectivity index (χ2n) is 6.53. The van der Waals surface area contributed by atoms with Gasteiger partial charge < -0.3 is 11.5 Å². The molecule has 25 heavy (non-hydrogen) atoms. The fourth-order valence-electron chi connectivity index (χ4n) is 3.34. The normalized spacial score (nSPS) is 12.2. The molecule has 0 aliphatic heterocycles. The number of unbranched alkanes of at least 4 members (excludes halogenated alkanes) is 1. The first-order valence-corrected chi connectivity index (χ1v) is 9.12. The number of rotatable bonds is 11. The summed E-state index contributed by atoms with van der Waals surface area (Å²) in [5.41, 5.74) is 13.8. The lowest BCUT2D eigenvalue weighted by atomic mass is 9.77. The summed E-state index contributed by atoms with van der Waals surface area (Å²) < 4.78 is 0. The molecular formula is C22H29N2O. The Morgan fingerprint density at radius 3 is 2.16 bits per heavy atom. The van der Waals surface area contributed by atoms with Crippen molar-refractivity contribution in [2.24, 2.45) is 11.5 Å². The topological polar surface area (TPSA) is 69.1 Å². The average molecular weight is 337 g/mol. The fraction of sp³-hybridized carbons (Fsp3) is 0.364. The molecular weight excluding hydrogens is 308 g/mol. The molecule has 3 heteroatoms. The Hall–Kier alpha value is -2.13. The maximum absolute atomic E-state index is 11.7. The highest BCUT2D eigenvalue weighted by atomic mass is 16.1. The molecule has 2 rings (SSSR count). The minimum Gasteiger partial charge on any atom is -0.370 e. The Kier molecular flexibility index (Phi) is 8.20. The molecule has 4 N–H and O–H groups in total. The Morgan fingerprint density at radius 2 is 1.56 bits per heavy atom. The lowest BCUT2D eigenvalue weighted by Gasteiger charge is -2.27. The van der Waals surface area contributed by atoms with E-state index < -0.39 is 0 Å². The van der Waals surface area contributed by atoms with Gasteiger partial charge in [0.25, 0.3) is 0 Å². The van der Waals surface area contributed by atoms with Crippen molar-refractivity contribution in [3.63, 3.8) is 0 Å². The minimum atomic E-state index is -0.247. The van der Waals surface area contributed by atoms with Crippen LogP contribution in [0.15, 0.2) is 60.7 Å². The van der Waals surface area contributed by atoms with Gasteiger partial charge in [-0.15, -0.1) is 0 Å². The summed E-state index contributed by atoms with van der Waals surface area (Å²) in [6, 6.07) is 20.8. The maximum atomic E-state index is 11.7. The molecule has 133 valence electrons. The van der Waals surface area contributed by atoms with Crippen LogP contribution in [0.25, 0.3) is 0 Å². The first kappa shape index (κ1) is 19.2. The zero-order valence-electron chi connectivity index (χ0n) is 14.9. The van der Waals surface area contributed by atoms with Crippen molar-refractivity contribution >= 4 is 5.91 Å². The molecule has 1 radical (unpaired) electrons. The third kappa shape index (κ3) is 6.71. The van der Waals surface area contributed by atoms with Gasteiger partial charge in [-0.25, -0.2) is 0 Å². The van der Waals surface area contributed by atoms with Gasteiger partial charge in [-0.3, -0.25) is 4.79 Å². The van der Waals surface area contributed by atoms with Crippen LogP contribution >= 0.6 is 0 Å². The number of aryl methyl sites for hydroxylation is 1. The lowest BCUT2D eigenvalue weighted by Crippen LogP contribution is -2.21. The molecule has 3 nitrogen and oxygen atoms in total. The van der Waals surface area contributed by atoms with Gasteiger partial charge in [-0.05, 0) is 55.2 Å². The van der Waals surface area contributed by atoms with Crippen LogP contribution in [0.3, 0.4) is 0 Å². The van der Waals surface area contributed by atoms with Gasteiger partial charge in [-0.2, -0.15) is 0 Å². The fourth-order valence-corrected chi connectivity index (χ4v) is 3.34. The number of primary amides is 1. The van der Waals surface area contributed by atoms with Crippen LogP contribution in [-0.4, -0.2) is 12.5 Å². The van der Waals surface area contributed by atoms with E-state index in [9.17, 15) is 4.79 Å². The SMILES string of the molecule is NCCCCC([C](CCc1ccccc1)CC(N)=O)c1ccccc1. The third-order valence-corrected chi connectivity index (χ3v) is 4.62. The molecule has 0 spiro atoms. The third-order valence-electron chi connectivity index (χ3n) is 4.62. The number of hydrogen-bond donors (Lipinski definition) is 2. The zero-order chi connectivity index (χ0) is 17.9. The van der Waals surface area contributed by atoms with E-state index in [4.69, 9.17) is 11.5 Å². The second-order valence-corrected chi connectivity index (χ2v) is 6.53. The highest BCUT2D eigenvalue weighted by molar-refractivity contribution is 5.76. The van der Waals surface area contributed by atoms with Crippen LogP contribution in [0.5, 0.6) is 0 Å². The van der Waals surface area contributed by atoms with Crippen LogP contribution in [0, 0.1) is 5.92 Å². The molecule has 0 fully saturated rings. The number of carbonyl (C=O) groups is 1. The zero-order valence-corrected chi connectivity index (χ0v) is 14.9. The summed E-state index contributed by atoms with van der Waals surface area (Å²) in [5.74, 6) is 1.26. The molecule has 0 aromatic heterocycles. The summed E-state index contributed by atoms with van der Waals surface area (Å²) in [6.45, 7) is 0.705. The van der Waals surface area contributed by atoms with E-state index in [0.29, 0.717) is 13.0 Å². The van der Waals surface area contributed by atoms with Crippen LogP contribution in [-0.2, 0) is 11.2 Å². The summed E-state index contributed by atoms with van der Waals surface area (Å²) in [6.07, 6.45) is 5.25. The molecule has 2 aromatic carbocycles. The van der Waals surface area contributed by atoms with Crippen molar-refractivity contribution < 1.29 is 4.79 Å². The van der Waals surface area contributed by atoms with Crippen molar-refractivity contribution in [3.8, 4) is 0 Å². The Balaban J connectivity index is 2.14. The predicted octanol–water partition coefficient (Wildman–Crippen LogP) is 3.98.